The average molecular weight is 202 g/mol. The van der Waals surface area contributed by atoms with Crippen molar-refractivity contribution in [3.05, 3.63) is 22.5 Å². The highest BCUT2D eigenvalue weighted by Crippen LogP contribution is 2.35. The average Bonchev–Trinajstić information content (AvgIpc) is 2.11. The zero-order chi connectivity index (χ0) is 10.0. The highest BCUT2D eigenvalue weighted by molar-refractivity contribution is 6.32. The molecule has 1 rings (SSSR count). The standard InChI is InChI=1S/C8H5ClFNO2/c9-5-3-4(1-2-11)7(12)6(10)8(5)13/h3,12-13H,1H2. The third-order valence-corrected chi connectivity index (χ3v) is 1.80. The fourth-order valence-electron chi connectivity index (χ4n) is 0.868. The first-order valence-electron chi connectivity index (χ1n) is 3.33. The lowest BCUT2D eigenvalue weighted by atomic mass is 10.1. The highest BCUT2D eigenvalue weighted by Gasteiger charge is 2.15. The lowest BCUT2D eigenvalue weighted by molar-refractivity contribution is 0.386. The van der Waals surface area contributed by atoms with E-state index in [9.17, 15) is 4.39 Å². The first-order valence-corrected chi connectivity index (χ1v) is 3.71. The summed E-state index contributed by atoms with van der Waals surface area (Å²) in [4.78, 5) is 0. The summed E-state index contributed by atoms with van der Waals surface area (Å²) >= 11 is 5.42. The molecule has 0 heterocycles. The molecule has 1 aromatic rings. The molecule has 68 valence electrons. The van der Waals surface area contributed by atoms with Crippen LogP contribution in [0.5, 0.6) is 11.5 Å². The molecular formula is C8H5ClFNO2. The van der Waals surface area contributed by atoms with Gasteiger partial charge in [0.25, 0.3) is 0 Å². The van der Waals surface area contributed by atoms with Crippen LogP contribution in [0.3, 0.4) is 0 Å². The van der Waals surface area contributed by atoms with Crippen LogP contribution in [0.25, 0.3) is 0 Å². The van der Waals surface area contributed by atoms with E-state index < -0.39 is 17.3 Å². The third-order valence-electron chi connectivity index (χ3n) is 1.52. The maximum Gasteiger partial charge on any atom is 0.208 e. The lowest BCUT2D eigenvalue weighted by Gasteiger charge is -2.04. The predicted molar refractivity (Wildman–Crippen MR) is 44.1 cm³/mol. The summed E-state index contributed by atoms with van der Waals surface area (Å²) in [7, 11) is 0. The normalized spacial score (nSPS) is 9.62. The van der Waals surface area contributed by atoms with Crippen LogP contribution in [0.4, 0.5) is 4.39 Å². The Morgan fingerprint density at radius 1 is 1.46 bits per heavy atom. The monoisotopic (exact) mass is 201 g/mol. The van der Waals surface area contributed by atoms with Gasteiger partial charge in [-0.25, -0.2) is 0 Å². The molecule has 0 aliphatic rings. The van der Waals surface area contributed by atoms with Crippen molar-refractivity contribution in [1.82, 2.24) is 0 Å². The maximum absolute atomic E-state index is 12.9. The molecule has 0 aromatic heterocycles. The van der Waals surface area contributed by atoms with Crippen molar-refractivity contribution >= 4 is 11.6 Å². The van der Waals surface area contributed by atoms with Crippen molar-refractivity contribution in [1.29, 1.82) is 5.26 Å². The Labute approximate surface area is 78.6 Å². The van der Waals surface area contributed by atoms with E-state index in [0.717, 1.165) is 6.07 Å². The minimum absolute atomic E-state index is 0.0581. The molecule has 0 spiro atoms. The van der Waals surface area contributed by atoms with E-state index in [1.165, 1.54) is 0 Å². The Hall–Kier alpha value is -1.47. The van der Waals surface area contributed by atoms with Crippen LogP contribution in [-0.2, 0) is 6.42 Å². The van der Waals surface area contributed by atoms with Crippen molar-refractivity contribution in [3.63, 3.8) is 0 Å². The van der Waals surface area contributed by atoms with Crippen molar-refractivity contribution in [2.45, 2.75) is 6.42 Å². The van der Waals surface area contributed by atoms with Crippen LogP contribution >= 0.6 is 11.6 Å². The Balaban J connectivity index is 3.34. The van der Waals surface area contributed by atoms with E-state index in [1.54, 1.807) is 6.07 Å². The topological polar surface area (TPSA) is 64.2 Å². The first-order chi connectivity index (χ1) is 6.07. The number of phenols is 2. The zero-order valence-corrected chi connectivity index (χ0v) is 7.14. The molecule has 1 aromatic carbocycles. The Morgan fingerprint density at radius 2 is 2.08 bits per heavy atom. The molecule has 0 unspecified atom stereocenters. The van der Waals surface area contributed by atoms with Crippen molar-refractivity contribution in [3.8, 4) is 17.6 Å². The van der Waals surface area contributed by atoms with E-state index in [1.807, 2.05) is 0 Å². The maximum atomic E-state index is 12.9. The van der Waals surface area contributed by atoms with Gasteiger partial charge in [0.2, 0.25) is 5.82 Å². The quantitative estimate of drug-likeness (QED) is 0.730. The second kappa shape index (κ2) is 3.50. The molecular weight excluding hydrogens is 197 g/mol. The molecule has 0 amide bonds. The minimum atomic E-state index is -1.20. The number of phenolic OH excluding ortho intramolecular Hbond substituents is 2. The van der Waals surface area contributed by atoms with Gasteiger partial charge >= 0.3 is 0 Å². The number of aromatic hydroxyl groups is 2. The van der Waals surface area contributed by atoms with Gasteiger partial charge in [0.1, 0.15) is 0 Å². The number of benzene rings is 1. The highest BCUT2D eigenvalue weighted by atomic mass is 35.5. The Bertz CT molecular complexity index is 387. The van der Waals surface area contributed by atoms with Crippen LogP contribution in [-0.4, -0.2) is 10.2 Å². The molecule has 3 nitrogen and oxygen atoms in total. The summed E-state index contributed by atoms with van der Waals surface area (Å²) in [6, 6.07) is 2.88. The van der Waals surface area contributed by atoms with Crippen LogP contribution in [0.1, 0.15) is 5.56 Å². The van der Waals surface area contributed by atoms with Gasteiger partial charge in [0, 0.05) is 5.56 Å². The molecule has 0 saturated carbocycles. The molecule has 0 saturated heterocycles. The summed E-state index contributed by atoms with van der Waals surface area (Å²) in [5, 5.41) is 26.1. The molecule has 0 fully saturated rings. The largest absolute Gasteiger partial charge is 0.505 e. The molecule has 2 N–H and O–H groups in total. The Kier molecular flexibility index (Phi) is 2.59. The van der Waals surface area contributed by atoms with Crippen molar-refractivity contribution < 1.29 is 14.6 Å². The van der Waals surface area contributed by atoms with Gasteiger partial charge in [-0.2, -0.15) is 9.65 Å². The van der Waals surface area contributed by atoms with Gasteiger partial charge in [0.05, 0.1) is 17.5 Å². The first kappa shape index (κ1) is 9.62. The number of hydrogen-bond donors (Lipinski definition) is 2. The van der Waals surface area contributed by atoms with Crippen molar-refractivity contribution in [2.24, 2.45) is 0 Å². The van der Waals surface area contributed by atoms with Gasteiger partial charge in [-0.1, -0.05) is 11.6 Å². The molecule has 13 heavy (non-hydrogen) atoms. The van der Waals surface area contributed by atoms with Crippen LogP contribution in [0.2, 0.25) is 5.02 Å². The molecule has 0 aliphatic heterocycles. The third kappa shape index (κ3) is 1.65. The second-order valence-electron chi connectivity index (χ2n) is 2.36. The lowest BCUT2D eigenvalue weighted by Crippen LogP contribution is -1.88. The molecule has 5 heteroatoms. The summed E-state index contributed by atoms with van der Waals surface area (Å²) in [5.74, 6) is -2.73. The van der Waals surface area contributed by atoms with Crippen LogP contribution in [0.15, 0.2) is 6.07 Å². The fraction of sp³-hybridized carbons (Fsp3) is 0.125. The van der Waals surface area contributed by atoms with Gasteiger partial charge in [-0.15, -0.1) is 0 Å². The van der Waals surface area contributed by atoms with Crippen molar-refractivity contribution in [2.75, 3.05) is 0 Å². The number of nitrogens with zero attached hydrogens (tertiary/aromatic N) is 1. The Morgan fingerprint density at radius 3 is 2.62 bits per heavy atom. The van der Waals surface area contributed by atoms with E-state index in [2.05, 4.69) is 0 Å². The predicted octanol–water partition coefficient (Wildman–Crippen LogP) is 1.96. The van der Waals surface area contributed by atoms with Gasteiger partial charge in [-0.05, 0) is 6.07 Å². The SMILES string of the molecule is N#CCc1cc(Cl)c(O)c(F)c1O. The number of hydrogen-bond acceptors (Lipinski definition) is 3. The van der Waals surface area contributed by atoms with Gasteiger partial charge < -0.3 is 10.2 Å². The fourth-order valence-corrected chi connectivity index (χ4v) is 1.08. The van der Waals surface area contributed by atoms with E-state index >= 15 is 0 Å². The van der Waals surface area contributed by atoms with Gasteiger partial charge in [-0.3, -0.25) is 0 Å². The summed E-state index contributed by atoms with van der Waals surface area (Å²) in [6.07, 6.45) is -0.164. The molecule has 0 radical (unpaired) electrons. The number of rotatable bonds is 1. The van der Waals surface area contributed by atoms with Gasteiger partial charge in [0.15, 0.2) is 11.5 Å². The van der Waals surface area contributed by atoms with E-state index in [0.29, 0.717) is 0 Å². The van der Waals surface area contributed by atoms with E-state index in [-0.39, 0.29) is 17.0 Å². The van der Waals surface area contributed by atoms with E-state index in [4.69, 9.17) is 27.1 Å². The number of nitriles is 1. The minimum Gasteiger partial charge on any atom is -0.505 e. The molecule has 0 atom stereocenters. The second-order valence-corrected chi connectivity index (χ2v) is 2.77. The number of halogens is 2. The molecule has 0 bridgehead atoms. The van der Waals surface area contributed by atoms with Crippen LogP contribution < -0.4 is 0 Å². The smallest absolute Gasteiger partial charge is 0.208 e. The summed E-state index contributed by atoms with van der Waals surface area (Å²) in [5.41, 5.74) is 0.0581. The summed E-state index contributed by atoms with van der Waals surface area (Å²) in [6.45, 7) is 0. The zero-order valence-electron chi connectivity index (χ0n) is 6.38. The van der Waals surface area contributed by atoms with Crippen LogP contribution in [0, 0.1) is 17.1 Å². The summed E-state index contributed by atoms with van der Waals surface area (Å²) < 4.78 is 12.9. The molecule has 0 aliphatic carbocycles.